The normalized spacial score (nSPS) is 11.8. The number of nitrogens with one attached hydrogen (secondary N) is 1. The second-order valence-corrected chi connectivity index (χ2v) is 4.26. The van der Waals surface area contributed by atoms with Crippen molar-refractivity contribution in [3.05, 3.63) is 42.5 Å². The van der Waals surface area contributed by atoms with Crippen LogP contribution in [0.4, 0.5) is 4.79 Å². The minimum Gasteiger partial charge on any atom is -0.493 e. The van der Waals surface area contributed by atoms with Gasteiger partial charge < -0.3 is 14.8 Å². The van der Waals surface area contributed by atoms with Crippen molar-refractivity contribution < 1.29 is 14.3 Å². The summed E-state index contributed by atoms with van der Waals surface area (Å²) in [6, 6.07) is 5.15. The molecule has 1 aromatic carbocycles. The lowest BCUT2D eigenvalue weighted by Gasteiger charge is -2.16. The average Bonchev–Trinajstić information content (AvgIpc) is 3.00. The number of rotatable bonds is 4. The number of methoxy groups -OCH3 is 2. The SMILES string of the molecule is COc1ccc(C(C)NC(=O)n2ccnc2)cc1OC. The molecule has 1 aromatic heterocycles. The first-order valence-corrected chi connectivity index (χ1v) is 6.16. The number of aromatic nitrogens is 2. The van der Waals surface area contributed by atoms with Gasteiger partial charge in [0.2, 0.25) is 0 Å². The molecule has 2 rings (SSSR count). The Morgan fingerprint density at radius 3 is 2.65 bits per heavy atom. The van der Waals surface area contributed by atoms with Gasteiger partial charge in [-0.25, -0.2) is 9.78 Å². The van der Waals surface area contributed by atoms with Crippen LogP contribution < -0.4 is 14.8 Å². The van der Waals surface area contributed by atoms with Crippen molar-refractivity contribution in [2.75, 3.05) is 14.2 Å². The number of ether oxygens (including phenoxy) is 2. The predicted molar refractivity (Wildman–Crippen MR) is 74.1 cm³/mol. The van der Waals surface area contributed by atoms with E-state index in [2.05, 4.69) is 10.3 Å². The van der Waals surface area contributed by atoms with Crippen LogP contribution in [0.3, 0.4) is 0 Å². The molecule has 1 amide bonds. The molecule has 1 N–H and O–H groups in total. The van der Waals surface area contributed by atoms with E-state index in [1.165, 1.54) is 10.9 Å². The molecule has 0 aliphatic rings. The monoisotopic (exact) mass is 275 g/mol. The highest BCUT2D eigenvalue weighted by Crippen LogP contribution is 2.29. The number of imidazole rings is 1. The summed E-state index contributed by atoms with van der Waals surface area (Å²) in [7, 11) is 3.16. The van der Waals surface area contributed by atoms with Gasteiger partial charge in [-0.05, 0) is 24.6 Å². The number of carbonyl (C=O) groups excluding carboxylic acids is 1. The van der Waals surface area contributed by atoms with Gasteiger partial charge in [0.25, 0.3) is 0 Å². The fourth-order valence-electron chi connectivity index (χ4n) is 1.84. The summed E-state index contributed by atoms with van der Waals surface area (Å²) in [5, 5.41) is 2.88. The highest BCUT2D eigenvalue weighted by atomic mass is 16.5. The highest BCUT2D eigenvalue weighted by Gasteiger charge is 2.13. The lowest BCUT2D eigenvalue weighted by Crippen LogP contribution is -2.30. The van der Waals surface area contributed by atoms with Crippen LogP contribution in [-0.2, 0) is 0 Å². The molecular formula is C14H17N3O3. The van der Waals surface area contributed by atoms with Gasteiger partial charge in [0, 0.05) is 12.4 Å². The lowest BCUT2D eigenvalue weighted by molar-refractivity contribution is 0.239. The van der Waals surface area contributed by atoms with Gasteiger partial charge in [-0.2, -0.15) is 0 Å². The van der Waals surface area contributed by atoms with Crippen LogP contribution in [0.2, 0.25) is 0 Å². The van der Waals surface area contributed by atoms with Gasteiger partial charge in [-0.3, -0.25) is 4.57 Å². The summed E-state index contributed by atoms with van der Waals surface area (Å²) in [6.45, 7) is 1.90. The molecule has 106 valence electrons. The maximum Gasteiger partial charge on any atom is 0.327 e. The first kappa shape index (κ1) is 13.9. The zero-order chi connectivity index (χ0) is 14.5. The summed E-state index contributed by atoms with van der Waals surface area (Å²) < 4.78 is 11.8. The van der Waals surface area contributed by atoms with Crippen molar-refractivity contribution in [2.24, 2.45) is 0 Å². The summed E-state index contributed by atoms with van der Waals surface area (Å²) in [6.07, 6.45) is 4.61. The minimum atomic E-state index is -0.232. The zero-order valence-corrected chi connectivity index (χ0v) is 11.7. The number of hydrogen-bond donors (Lipinski definition) is 1. The third-order valence-corrected chi connectivity index (χ3v) is 2.99. The Morgan fingerprint density at radius 1 is 1.30 bits per heavy atom. The minimum absolute atomic E-state index is 0.162. The molecule has 6 nitrogen and oxygen atoms in total. The van der Waals surface area contributed by atoms with E-state index in [9.17, 15) is 4.79 Å². The lowest BCUT2D eigenvalue weighted by atomic mass is 10.1. The molecular weight excluding hydrogens is 258 g/mol. The van der Waals surface area contributed by atoms with E-state index in [0.29, 0.717) is 11.5 Å². The predicted octanol–water partition coefficient (Wildman–Crippen LogP) is 2.22. The van der Waals surface area contributed by atoms with Crippen LogP contribution >= 0.6 is 0 Å². The second-order valence-electron chi connectivity index (χ2n) is 4.26. The molecule has 0 radical (unpaired) electrons. The number of carbonyl (C=O) groups is 1. The molecule has 20 heavy (non-hydrogen) atoms. The van der Waals surface area contributed by atoms with E-state index in [4.69, 9.17) is 9.47 Å². The Kier molecular flexibility index (Phi) is 4.24. The fourth-order valence-corrected chi connectivity index (χ4v) is 1.84. The first-order valence-electron chi connectivity index (χ1n) is 6.16. The van der Waals surface area contributed by atoms with E-state index >= 15 is 0 Å². The van der Waals surface area contributed by atoms with Crippen LogP contribution in [0.1, 0.15) is 18.5 Å². The largest absolute Gasteiger partial charge is 0.493 e. The standard InChI is InChI=1S/C14H17N3O3/c1-10(16-14(18)17-7-6-15-9-17)11-4-5-12(19-2)13(8-11)20-3/h4-10H,1-3H3,(H,16,18). The zero-order valence-electron chi connectivity index (χ0n) is 11.7. The fraction of sp³-hybridized carbons (Fsp3) is 0.286. The van der Waals surface area contributed by atoms with Crippen molar-refractivity contribution in [3.8, 4) is 11.5 Å². The molecule has 0 fully saturated rings. The summed E-state index contributed by atoms with van der Waals surface area (Å²) in [4.78, 5) is 15.8. The Bertz CT molecular complexity index is 581. The Labute approximate surface area is 117 Å². The Morgan fingerprint density at radius 2 is 2.05 bits per heavy atom. The average molecular weight is 275 g/mol. The van der Waals surface area contributed by atoms with E-state index in [1.54, 1.807) is 26.6 Å². The smallest absolute Gasteiger partial charge is 0.327 e. The van der Waals surface area contributed by atoms with E-state index in [1.807, 2.05) is 25.1 Å². The third kappa shape index (κ3) is 2.90. The number of amides is 1. The Balaban J connectivity index is 2.13. The number of benzene rings is 1. The van der Waals surface area contributed by atoms with Crippen molar-refractivity contribution in [1.29, 1.82) is 0 Å². The molecule has 0 aliphatic heterocycles. The molecule has 6 heteroatoms. The van der Waals surface area contributed by atoms with Crippen molar-refractivity contribution in [3.63, 3.8) is 0 Å². The van der Waals surface area contributed by atoms with Gasteiger partial charge in [-0.1, -0.05) is 6.07 Å². The van der Waals surface area contributed by atoms with Crippen LogP contribution in [-0.4, -0.2) is 29.8 Å². The first-order chi connectivity index (χ1) is 9.65. The van der Waals surface area contributed by atoms with Gasteiger partial charge in [-0.15, -0.1) is 0 Å². The van der Waals surface area contributed by atoms with Crippen LogP contribution in [0.5, 0.6) is 11.5 Å². The van der Waals surface area contributed by atoms with Gasteiger partial charge >= 0.3 is 6.03 Å². The molecule has 0 aliphatic carbocycles. The molecule has 1 atom stereocenters. The van der Waals surface area contributed by atoms with Gasteiger partial charge in [0.15, 0.2) is 11.5 Å². The van der Waals surface area contributed by atoms with E-state index < -0.39 is 0 Å². The van der Waals surface area contributed by atoms with Crippen molar-refractivity contribution in [2.45, 2.75) is 13.0 Å². The number of hydrogen-bond acceptors (Lipinski definition) is 4. The van der Waals surface area contributed by atoms with Crippen LogP contribution in [0.25, 0.3) is 0 Å². The second kappa shape index (κ2) is 6.10. The van der Waals surface area contributed by atoms with Crippen LogP contribution in [0.15, 0.2) is 36.9 Å². The van der Waals surface area contributed by atoms with Crippen molar-refractivity contribution >= 4 is 6.03 Å². The molecule has 0 bridgehead atoms. The van der Waals surface area contributed by atoms with Crippen molar-refractivity contribution in [1.82, 2.24) is 14.9 Å². The molecule has 1 heterocycles. The topological polar surface area (TPSA) is 65.4 Å². The summed E-state index contributed by atoms with van der Waals surface area (Å²) in [5.74, 6) is 1.29. The molecule has 0 saturated carbocycles. The van der Waals surface area contributed by atoms with Gasteiger partial charge in [0.1, 0.15) is 6.33 Å². The van der Waals surface area contributed by atoms with Gasteiger partial charge in [0.05, 0.1) is 20.3 Å². The maximum atomic E-state index is 11.9. The third-order valence-electron chi connectivity index (χ3n) is 2.99. The molecule has 1 unspecified atom stereocenters. The molecule has 0 spiro atoms. The van der Waals surface area contributed by atoms with Crippen LogP contribution in [0, 0.1) is 0 Å². The molecule has 2 aromatic rings. The quantitative estimate of drug-likeness (QED) is 0.929. The maximum absolute atomic E-state index is 11.9. The Hall–Kier alpha value is -2.50. The highest BCUT2D eigenvalue weighted by molar-refractivity contribution is 5.76. The summed E-state index contributed by atoms with van der Waals surface area (Å²) in [5.41, 5.74) is 0.927. The number of nitrogens with zero attached hydrogens (tertiary/aromatic N) is 2. The van der Waals surface area contributed by atoms with E-state index in [-0.39, 0.29) is 12.1 Å². The van der Waals surface area contributed by atoms with E-state index in [0.717, 1.165) is 5.56 Å². The summed E-state index contributed by atoms with van der Waals surface area (Å²) >= 11 is 0. The molecule has 0 saturated heterocycles.